The fraction of sp³-hybridized carbons (Fsp3) is 0.737. The molecule has 0 spiro atoms. The summed E-state index contributed by atoms with van der Waals surface area (Å²) >= 11 is 0. The molecule has 122 valence electrons. The van der Waals surface area contributed by atoms with E-state index in [9.17, 15) is 4.79 Å². The van der Waals surface area contributed by atoms with Gasteiger partial charge in [-0.25, -0.2) is 0 Å². The first-order chi connectivity index (χ1) is 11.0. The number of unbranched alkanes of at least 4 members (excludes halogenated alkanes) is 8. The molecule has 0 unspecified atom stereocenters. The Bertz CT molecular complexity index is 349. The first kappa shape index (κ1) is 16.3. The molecule has 0 fully saturated rings. The van der Waals surface area contributed by atoms with Gasteiger partial charge in [0.1, 0.15) is 0 Å². The normalized spacial score (nSPS) is 13.6. The van der Waals surface area contributed by atoms with Crippen LogP contribution in [-0.4, -0.2) is 13.1 Å². The quantitative estimate of drug-likeness (QED) is 0.224. The highest BCUT2D eigenvalue weighted by Crippen LogP contribution is 2.08. The van der Waals surface area contributed by atoms with Gasteiger partial charge in [-0.05, 0) is 38.5 Å². The summed E-state index contributed by atoms with van der Waals surface area (Å²) in [6.07, 6.45) is 17.1. The van der Waals surface area contributed by atoms with E-state index in [0.717, 1.165) is 51.4 Å². The number of esters is 1. The lowest BCUT2D eigenvalue weighted by molar-refractivity contribution is -0.140. The van der Waals surface area contributed by atoms with E-state index in [1.54, 1.807) is 12.2 Å². The molecule has 0 atom stereocenters. The van der Waals surface area contributed by atoms with E-state index in [0.29, 0.717) is 6.42 Å². The Morgan fingerprint density at radius 2 is 1.48 bits per heavy atom. The summed E-state index contributed by atoms with van der Waals surface area (Å²) in [7, 11) is 1.42. The molecule has 0 aliphatic carbocycles. The summed E-state index contributed by atoms with van der Waals surface area (Å²) in [6.45, 7) is 2.17. The third-order valence-electron chi connectivity index (χ3n) is 3.38. The van der Waals surface area contributed by atoms with Gasteiger partial charge in [0.25, 0.3) is 0 Å². The molecule has 0 aromatic carbocycles. The molecule has 0 saturated carbocycles. The summed E-state index contributed by atoms with van der Waals surface area (Å²) in [5.74, 6) is -0.127. The lowest BCUT2D eigenvalue weighted by Gasteiger charge is -1.99. The first-order valence-corrected chi connectivity index (χ1v) is 8.44. The molecule has 0 radical (unpaired) electrons. The van der Waals surface area contributed by atoms with Crippen LogP contribution >= 0.6 is 0 Å². The minimum Gasteiger partial charge on any atom is -0.469 e. The van der Waals surface area contributed by atoms with Gasteiger partial charge in [-0.2, -0.15) is 0 Å². The molecular formula is C19H34O2. The minimum absolute atomic E-state index is 0.127. The average Bonchev–Trinajstić information content (AvgIpc) is 2.52. The van der Waals surface area contributed by atoms with Crippen LogP contribution in [0.2, 0.25) is 0 Å². The Balaban J connectivity index is 3.62. The molecule has 0 aromatic rings. The predicted molar refractivity (Wildman–Crippen MR) is 91.4 cm³/mol. The number of carbonyl (C=O) groups is 1. The number of carbonyl (C=O) groups excluding carboxylic acids is 1. The third kappa shape index (κ3) is 16.9. The molecule has 0 rings (SSSR count). The maximum atomic E-state index is 10.9. The van der Waals surface area contributed by atoms with Crippen LogP contribution in [0, 0.1) is 0 Å². The SMILES string of the molecule is [2H]C([2H])(/C=C\CCCCC)/C=C\CCCCCCCC(=O)OC. The van der Waals surface area contributed by atoms with Crippen molar-refractivity contribution >= 4 is 5.97 Å². The molecule has 0 amide bonds. The zero-order chi connectivity index (χ0) is 17.4. The topological polar surface area (TPSA) is 26.3 Å². The van der Waals surface area contributed by atoms with Crippen LogP contribution in [-0.2, 0) is 9.53 Å². The zero-order valence-corrected chi connectivity index (χ0v) is 13.9. The monoisotopic (exact) mass is 296 g/mol. The average molecular weight is 296 g/mol. The zero-order valence-electron chi connectivity index (χ0n) is 15.9. The summed E-state index contributed by atoms with van der Waals surface area (Å²) < 4.78 is 20.4. The van der Waals surface area contributed by atoms with Crippen molar-refractivity contribution in [3.05, 3.63) is 24.3 Å². The Morgan fingerprint density at radius 3 is 2.10 bits per heavy atom. The van der Waals surface area contributed by atoms with Crippen LogP contribution < -0.4 is 0 Å². The van der Waals surface area contributed by atoms with E-state index in [-0.39, 0.29) is 5.97 Å². The van der Waals surface area contributed by atoms with E-state index in [1.165, 1.54) is 20.0 Å². The van der Waals surface area contributed by atoms with Crippen LogP contribution in [0.1, 0.15) is 86.7 Å². The number of methoxy groups -OCH3 is 1. The van der Waals surface area contributed by atoms with Crippen LogP contribution in [0.3, 0.4) is 0 Å². The summed E-state index contributed by atoms with van der Waals surface area (Å²) in [4.78, 5) is 10.9. The smallest absolute Gasteiger partial charge is 0.305 e. The lowest BCUT2D eigenvalue weighted by Crippen LogP contribution is -1.98. The summed E-state index contributed by atoms with van der Waals surface area (Å²) in [5.41, 5.74) is 0. The van der Waals surface area contributed by atoms with Crippen LogP contribution in [0.25, 0.3) is 0 Å². The summed E-state index contributed by atoms with van der Waals surface area (Å²) in [6, 6.07) is 0. The van der Waals surface area contributed by atoms with Crippen molar-refractivity contribution in [3.63, 3.8) is 0 Å². The van der Waals surface area contributed by atoms with Crippen molar-refractivity contribution in [2.45, 2.75) is 83.9 Å². The van der Waals surface area contributed by atoms with Crippen LogP contribution in [0.5, 0.6) is 0 Å². The maximum absolute atomic E-state index is 10.9. The molecule has 21 heavy (non-hydrogen) atoms. The van der Waals surface area contributed by atoms with Gasteiger partial charge >= 0.3 is 5.97 Å². The number of hydrogen-bond acceptors (Lipinski definition) is 2. The molecule has 0 saturated heterocycles. The van der Waals surface area contributed by atoms with Crippen molar-refractivity contribution in [2.75, 3.05) is 7.11 Å². The van der Waals surface area contributed by atoms with Crippen molar-refractivity contribution < 1.29 is 12.3 Å². The van der Waals surface area contributed by atoms with Gasteiger partial charge in [0.2, 0.25) is 0 Å². The Labute approximate surface area is 134 Å². The molecule has 0 heterocycles. The highest BCUT2D eigenvalue weighted by molar-refractivity contribution is 5.68. The minimum atomic E-state index is -1.33. The second-order valence-corrected chi connectivity index (χ2v) is 5.35. The molecule has 2 nitrogen and oxygen atoms in total. The Morgan fingerprint density at radius 1 is 0.905 bits per heavy atom. The van der Waals surface area contributed by atoms with Gasteiger partial charge in [0.15, 0.2) is 0 Å². The number of allylic oxidation sites excluding steroid dienone is 4. The second kappa shape index (κ2) is 17.0. The molecular weight excluding hydrogens is 260 g/mol. The predicted octanol–water partition coefficient (Wildman–Crippen LogP) is 5.97. The van der Waals surface area contributed by atoms with Gasteiger partial charge in [-0.15, -0.1) is 0 Å². The van der Waals surface area contributed by atoms with Gasteiger partial charge in [0, 0.05) is 9.16 Å². The van der Waals surface area contributed by atoms with Crippen molar-refractivity contribution in [3.8, 4) is 0 Å². The number of rotatable bonds is 14. The molecule has 0 aliphatic rings. The van der Waals surface area contributed by atoms with Gasteiger partial charge in [-0.3, -0.25) is 4.79 Å². The molecule has 0 aliphatic heterocycles. The molecule has 0 N–H and O–H groups in total. The van der Waals surface area contributed by atoms with E-state index in [2.05, 4.69) is 11.7 Å². The highest BCUT2D eigenvalue weighted by Gasteiger charge is 1.98. The lowest BCUT2D eigenvalue weighted by atomic mass is 10.1. The second-order valence-electron chi connectivity index (χ2n) is 5.35. The van der Waals surface area contributed by atoms with E-state index >= 15 is 0 Å². The van der Waals surface area contributed by atoms with E-state index in [1.807, 2.05) is 12.2 Å². The highest BCUT2D eigenvalue weighted by atomic mass is 16.5. The third-order valence-corrected chi connectivity index (χ3v) is 3.38. The molecule has 0 bridgehead atoms. The van der Waals surface area contributed by atoms with Crippen LogP contribution in [0.4, 0.5) is 0 Å². The number of hydrogen-bond donors (Lipinski definition) is 0. The van der Waals surface area contributed by atoms with Gasteiger partial charge in [-0.1, -0.05) is 63.3 Å². The molecule has 2 heteroatoms. The molecule has 0 aromatic heterocycles. The van der Waals surface area contributed by atoms with E-state index in [4.69, 9.17) is 2.74 Å². The van der Waals surface area contributed by atoms with E-state index < -0.39 is 6.37 Å². The van der Waals surface area contributed by atoms with Crippen molar-refractivity contribution in [1.29, 1.82) is 0 Å². The standard InChI is InChI=1S/C19H34O2/c1-3-4-5-6-7-8-9-10-11-12-13-14-15-16-17-18-19(20)21-2/h7-8,10-11H,3-6,9,12-18H2,1-2H3/b8-7-,11-10-/i9D2. The number of ether oxygens (including phenoxy) is 1. The van der Waals surface area contributed by atoms with Crippen molar-refractivity contribution in [2.24, 2.45) is 0 Å². The Kier molecular flexibility index (Phi) is 13.2. The first-order valence-electron chi connectivity index (χ1n) is 9.44. The largest absolute Gasteiger partial charge is 0.469 e. The van der Waals surface area contributed by atoms with Crippen molar-refractivity contribution in [1.82, 2.24) is 0 Å². The van der Waals surface area contributed by atoms with Gasteiger partial charge in [0.05, 0.1) is 7.11 Å². The summed E-state index contributed by atoms with van der Waals surface area (Å²) in [5, 5.41) is 0. The Hall–Kier alpha value is -1.05. The van der Waals surface area contributed by atoms with Crippen LogP contribution in [0.15, 0.2) is 24.3 Å². The maximum Gasteiger partial charge on any atom is 0.305 e. The fourth-order valence-electron chi connectivity index (χ4n) is 2.03. The fourth-order valence-corrected chi connectivity index (χ4v) is 2.03. The van der Waals surface area contributed by atoms with Gasteiger partial charge < -0.3 is 4.74 Å².